The molecule has 0 aromatic heterocycles. The number of hydrogen-bond donors (Lipinski definition) is 1. The van der Waals surface area contributed by atoms with Gasteiger partial charge >= 0.3 is 5.97 Å². The molecule has 0 bridgehead atoms. The Morgan fingerprint density at radius 2 is 2.17 bits per heavy atom. The van der Waals surface area contributed by atoms with E-state index in [1.54, 1.807) is 0 Å². The highest BCUT2D eigenvalue weighted by molar-refractivity contribution is 5.73. The molecule has 98 valence electrons. The Balaban J connectivity index is 1.68. The van der Waals surface area contributed by atoms with Crippen molar-refractivity contribution < 1.29 is 14.6 Å². The molecule has 1 aromatic rings. The molecule has 1 aromatic carbocycles. The van der Waals surface area contributed by atoms with E-state index in [-0.39, 0.29) is 6.04 Å². The summed E-state index contributed by atoms with van der Waals surface area (Å²) in [5.74, 6) is 0.171. The lowest BCUT2D eigenvalue weighted by atomic mass is 10.2. The van der Waals surface area contributed by atoms with Crippen molar-refractivity contribution in [3.8, 4) is 5.75 Å². The Kier molecular flexibility index (Phi) is 4.59. The summed E-state index contributed by atoms with van der Waals surface area (Å²) >= 11 is 0. The van der Waals surface area contributed by atoms with Crippen molar-refractivity contribution in [2.75, 3.05) is 19.7 Å². The fourth-order valence-corrected chi connectivity index (χ4v) is 2.35. The number of ether oxygens (including phenoxy) is 1. The number of carboxylic acid groups (broad SMARTS) is 1. The molecule has 1 heterocycles. The maximum atomic E-state index is 11.0. The third-order valence-corrected chi connectivity index (χ3v) is 3.25. The molecular formula is C14H19NO3. The van der Waals surface area contributed by atoms with Crippen LogP contribution in [0.1, 0.15) is 19.3 Å². The molecule has 1 atom stereocenters. The van der Waals surface area contributed by atoms with Crippen LogP contribution in [0.2, 0.25) is 0 Å². The minimum Gasteiger partial charge on any atom is -0.494 e. The van der Waals surface area contributed by atoms with Gasteiger partial charge in [0.25, 0.3) is 0 Å². The topological polar surface area (TPSA) is 49.8 Å². The summed E-state index contributed by atoms with van der Waals surface area (Å²) in [7, 11) is 0. The Morgan fingerprint density at radius 1 is 1.39 bits per heavy atom. The molecule has 1 unspecified atom stereocenters. The zero-order chi connectivity index (χ0) is 12.8. The van der Waals surface area contributed by atoms with Crippen LogP contribution in [0.3, 0.4) is 0 Å². The molecule has 18 heavy (non-hydrogen) atoms. The smallest absolute Gasteiger partial charge is 0.320 e. The van der Waals surface area contributed by atoms with Crippen molar-refractivity contribution >= 4 is 5.97 Å². The highest BCUT2D eigenvalue weighted by atomic mass is 16.5. The fraction of sp³-hybridized carbons (Fsp3) is 0.500. The van der Waals surface area contributed by atoms with Crippen LogP contribution in [0.15, 0.2) is 30.3 Å². The summed E-state index contributed by atoms with van der Waals surface area (Å²) in [4.78, 5) is 13.0. The molecule has 0 radical (unpaired) electrons. The van der Waals surface area contributed by atoms with Crippen molar-refractivity contribution in [3.63, 3.8) is 0 Å². The largest absolute Gasteiger partial charge is 0.494 e. The standard InChI is InChI=1S/C14H19NO3/c16-14(17)13-8-4-9-15(13)10-5-11-18-12-6-2-1-3-7-12/h1-3,6-7,13H,4-5,8-11H2,(H,16,17). The van der Waals surface area contributed by atoms with Crippen LogP contribution in [0.25, 0.3) is 0 Å². The second kappa shape index (κ2) is 6.40. The van der Waals surface area contributed by atoms with Crippen LogP contribution in [0.5, 0.6) is 5.75 Å². The van der Waals surface area contributed by atoms with Crippen LogP contribution in [0, 0.1) is 0 Å². The highest BCUT2D eigenvalue weighted by Crippen LogP contribution is 2.17. The number of carbonyl (C=O) groups is 1. The monoisotopic (exact) mass is 249 g/mol. The quantitative estimate of drug-likeness (QED) is 0.783. The van der Waals surface area contributed by atoms with Crippen LogP contribution in [-0.2, 0) is 4.79 Å². The number of hydrogen-bond acceptors (Lipinski definition) is 3. The van der Waals surface area contributed by atoms with E-state index in [0.717, 1.165) is 38.1 Å². The molecule has 1 fully saturated rings. The highest BCUT2D eigenvalue weighted by Gasteiger charge is 2.29. The third-order valence-electron chi connectivity index (χ3n) is 3.25. The van der Waals surface area contributed by atoms with E-state index in [4.69, 9.17) is 9.84 Å². The molecule has 0 aliphatic carbocycles. The van der Waals surface area contributed by atoms with Crippen molar-refractivity contribution in [2.24, 2.45) is 0 Å². The molecular weight excluding hydrogens is 230 g/mol. The van der Waals surface area contributed by atoms with Gasteiger partial charge in [0.2, 0.25) is 0 Å². The Labute approximate surface area is 107 Å². The van der Waals surface area contributed by atoms with E-state index < -0.39 is 5.97 Å². The number of benzene rings is 1. The van der Waals surface area contributed by atoms with Crippen molar-refractivity contribution in [1.29, 1.82) is 0 Å². The van der Waals surface area contributed by atoms with Gasteiger partial charge < -0.3 is 9.84 Å². The van der Waals surface area contributed by atoms with E-state index in [0.29, 0.717) is 6.61 Å². The van der Waals surface area contributed by atoms with Crippen molar-refractivity contribution in [3.05, 3.63) is 30.3 Å². The first-order valence-corrected chi connectivity index (χ1v) is 6.42. The van der Waals surface area contributed by atoms with Crippen molar-refractivity contribution in [2.45, 2.75) is 25.3 Å². The second-order valence-corrected chi connectivity index (χ2v) is 4.55. The molecule has 0 spiro atoms. The van der Waals surface area contributed by atoms with E-state index in [1.807, 2.05) is 35.2 Å². The third kappa shape index (κ3) is 3.47. The van der Waals surface area contributed by atoms with Gasteiger partial charge in [0.1, 0.15) is 11.8 Å². The first-order valence-electron chi connectivity index (χ1n) is 6.42. The maximum Gasteiger partial charge on any atom is 0.320 e. The van der Waals surface area contributed by atoms with Crippen LogP contribution in [-0.4, -0.2) is 41.7 Å². The summed E-state index contributed by atoms with van der Waals surface area (Å²) in [6.07, 6.45) is 2.62. The van der Waals surface area contributed by atoms with Gasteiger partial charge in [-0.3, -0.25) is 9.69 Å². The molecule has 4 nitrogen and oxygen atoms in total. The van der Waals surface area contributed by atoms with Gasteiger partial charge in [-0.15, -0.1) is 0 Å². The number of likely N-dealkylation sites (tertiary alicyclic amines) is 1. The Hall–Kier alpha value is -1.55. The number of carboxylic acids is 1. The van der Waals surface area contributed by atoms with Gasteiger partial charge in [0.05, 0.1) is 6.61 Å². The first-order chi connectivity index (χ1) is 8.77. The van der Waals surface area contributed by atoms with E-state index in [1.165, 1.54) is 0 Å². The predicted octanol–water partition coefficient (Wildman–Crippen LogP) is 2.00. The normalized spacial score (nSPS) is 19.9. The van der Waals surface area contributed by atoms with Crippen LogP contribution < -0.4 is 4.74 Å². The fourth-order valence-electron chi connectivity index (χ4n) is 2.35. The van der Waals surface area contributed by atoms with Gasteiger partial charge in [-0.2, -0.15) is 0 Å². The van der Waals surface area contributed by atoms with Crippen LogP contribution in [0.4, 0.5) is 0 Å². The van der Waals surface area contributed by atoms with E-state index in [9.17, 15) is 4.79 Å². The molecule has 1 aliphatic heterocycles. The van der Waals surface area contributed by atoms with Crippen LogP contribution >= 0.6 is 0 Å². The molecule has 1 aliphatic rings. The van der Waals surface area contributed by atoms with Crippen molar-refractivity contribution in [1.82, 2.24) is 4.90 Å². The number of rotatable bonds is 6. The maximum absolute atomic E-state index is 11.0. The number of aliphatic carboxylic acids is 1. The summed E-state index contributed by atoms with van der Waals surface area (Å²) in [6, 6.07) is 9.40. The lowest BCUT2D eigenvalue weighted by Crippen LogP contribution is -2.36. The summed E-state index contributed by atoms with van der Waals surface area (Å²) in [6.45, 7) is 2.32. The van der Waals surface area contributed by atoms with Gasteiger partial charge in [-0.25, -0.2) is 0 Å². The average molecular weight is 249 g/mol. The second-order valence-electron chi connectivity index (χ2n) is 4.55. The molecule has 1 N–H and O–H groups in total. The van der Waals surface area contributed by atoms with Gasteiger partial charge in [0, 0.05) is 6.54 Å². The van der Waals surface area contributed by atoms with E-state index >= 15 is 0 Å². The lowest BCUT2D eigenvalue weighted by molar-refractivity contribution is -0.142. The van der Waals surface area contributed by atoms with Gasteiger partial charge in [-0.05, 0) is 37.9 Å². The minimum atomic E-state index is -0.698. The average Bonchev–Trinajstić information content (AvgIpc) is 2.84. The predicted molar refractivity (Wildman–Crippen MR) is 68.8 cm³/mol. The van der Waals surface area contributed by atoms with E-state index in [2.05, 4.69) is 0 Å². The lowest BCUT2D eigenvalue weighted by Gasteiger charge is -2.20. The Bertz CT molecular complexity index is 380. The van der Waals surface area contributed by atoms with Gasteiger partial charge in [0.15, 0.2) is 0 Å². The molecule has 0 amide bonds. The molecule has 4 heteroatoms. The number of para-hydroxylation sites is 1. The summed E-state index contributed by atoms with van der Waals surface area (Å²) < 4.78 is 5.59. The summed E-state index contributed by atoms with van der Waals surface area (Å²) in [5, 5.41) is 9.05. The Morgan fingerprint density at radius 3 is 2.89 bits per heavy atom. The molecule has 0 saturated carbocycles. The zero-order valence-corrected chi connectivity index (χ0v) is 10.4. The minimum absolute atomic E-state index is 0.290. The van der Waals surface area contributed by atoms with Gasteiger partial charge in [-0.1, -0.05) is 18.2 Å². The number of nitrogens with zero attached hydrogens (tertiary/aromatic N) is 1. The first kappa shape index (κ1) is 12.9. The zero-order valence-electron chi connectivity index (χ0n) is 10.4. The molecule has 1 saturated heterocycles. The molecule has 2 rings (SSSR count). The SMILES string of the molecule is O=C(O)C1CCCN1CCCOc1ccccc1. The summed E-state index contributed by atoms with van der Waals surface area (Å²) in [5.41, 5.74) is 0.